The summed E-state index contributed by atoms with van der Waals surface area (Å²) in [6.07, 6.45) is 3.48. The fraction of sp³-hybridized carbons (Fsp3) is 0.278. The highest BCUT2D eigenvalue weighted by atomic mass is 32.1. The summed E-state index contributed by atoms with van der Waals surface area (Å²) in [7, 11) is 0. The van der Waals surface area contributed by atoms with Gasteiger partial charge in [-0.05, 0) is 38.0 Å². The summed E-state index contributed by atoms with van der Waals surface area (Å²) in [6.45, 7) is 2.21. The van der Waals surface area contributed by atoms with Gasteiger partial charge < -0.3 is 9.88 Å². The van der Waals surface area contributed by atoms with E-state index in [1.807, 2.05) is 23.1 Å². The minimum atomic E-state index is -0.0655. The van der Waals surface area contributed by atoms with Crippen molar-refractivity contribution in [3.05, 3.63) is 52.8 Å². The predicted molar refractivity (Wildman–Crippen MR) is 93.4 cm³/mol. The number of hydrogen-bond acceptors (Lipinski definition) is 4. The van der Waals surface area contributed by atoms with Crippen molar-refractivity contribution in [2.45, 2.75) is 25.8 Å². The number of Topliss-reactive ketones (excluding diaryl/α,β-unsaturated/α-hetero) is 1. The molecule has 4 rings (SSSR count). The molecule has 0 aliphatic carbocycles. The number of ketones is 1. The number of fused-ring (bicyclic) bond motifs is 1. The highest BCUT2D eigenvalue weighted by Crippen LogP contribution is 2.37. The Bertz CT molecular complexity index is 894. The standard InChI is InChI=1S/C18H17N3O2S/c1-11(22)12-9-14(19-10-12)18(23)21-8-4-6-15(21)17-20-13-5-2-3-7-16(13)24-17/h2-3,5,7,9-10,15,19H,4,6,8H2,1H3/t15-/m1/s1. The van der Waals surface area contributed by atoms with Crippen LogP contribution < -0.4 is 0 Å². The van der Waals surface area contributed by atoms with Crippen LogP contribution in [0.1, 0.15) is 51.7 Å². The molecule has 0 spiro atoms. The molecule has 122 valence electrons. The van der Waals surface area contributed by atoms with E-state index in [0.29, 0.717) is 17.8 Å². The summed E-state index contributed by atoms with van der Waals surface area (Å²) in [5.41, 5.74) is 1.98. The van der Waals surface area contributed by atoms with Gasteiger partial charge in [0, 0.05) is 18.3 Å². The van der Waals surface area contributed by atoms with E-state index in [-0.39, 0.29) is 17.7 Å². The first-order valence-corrected chi connectivity index (χ1v) is 8.81. The first-order chi connectivity index (χ1) is 11.6. The van der Waals surface area contributed by atoms with Gasteiger partial charge in [0.15, 0.2) is 5.78 Å². The second kappa shape index (κ2) is 5.87. The summed E-state index contributed by atoms with van der Waals surface area (Å²) in [5.74, 6) is -0.112. The van der Waals surface area contributed by atoms with Crippen LogP contribution in [0.5, 0.6) is 0 Å². The molecule has 1 atom stereocenters. The van der Waals surface area contributed by atoms with Crippen LogP contribution in [0.15, 0.2) is 36.5 Å². The fourth-order valence-corrected chi connectivity index (χ4v) is 4.29. The van der Waals surface area contributed by atoms with Crippen molar-refractivity contribution in [2.24, 2.45) is 0 Å². The van der Waals surface area contributed by atoms with E-state index in [0.717, 1.165) is 28.1 Å². The first kappa shape index (κ1) is 15.1. The predicted octanol–water partition coefficient (Wildman–Crippen LogP) is 3.80. The maximum Gasteiger partial charge on any atom is 0.270 e. The molecule has 1 saturated heterocycles. The van der Waals surface area contributed by atoms with Crippen LogP contribution in [-0.2, 0) is 0 Å². The lowest BCUT2D eigenvalue weighted by molar-refractivity contribution is 0.0730. The third-order valence-electron chi connectivity index (χ3n) is 4.43. The first-order valence-electron chi connectivity index (χ1n) is 7.99. The maximum atomic E-state index is 12.8. The van der Waals surface area contributed by atoms with Crippen molar-refractivity contribution in [3.8, 4) is 0 Å². The van der Waals surface area contributed by atoms with Gasteiger partial charge in [0.1, 0.15) is 10.7 Å². The van der Waals surface area contributed by atoms with Crippen LogP contribution in [0, 0.1) is 0 Å². The quantitative estimate of drug-likeness (QED) is 0.738. The molecular formula is C18H17N3O2S. The second-order valence-electron chi connectivity index (χ2n) is 6.03. The van der Waals surface area contributed by atoms with E-state index < -0.39 is 0 Å². The lowest BCUT2D eigenvalue weighted by atomic mass is 10.2. The van der Waals surface area contributed by atoms with Gasteiger partial charge >= 0.3 is 0 Å². The number of nitrogens with one attached hydrogen (secondary N) is 1. The Morgan fingerprint density at radius 1 is 1.33 bits per heavy atom. The SMILES string of the molecule is CC(=O)c1c[nH]c(C(=O)N2CCC[C@@H]2c2nc3ccccc3s2)c1. The average Bonchev–Trinajstić information content (AvgIpc) is 3.30. The monoisotopic (exact) mass is 339 g/mol. The number of carbonyl (C=O) groups is 2. The smallest absolute Gasteiger partial charge is 0.270 e. The van der Waals surface area contributed by atoms with E-state index in [1.54, 1.807) is 23.6 Å². The minimum Gasteiger partial charge on any atom is -0.356 e. The van der Waals surface area contributed by atoms with Crippen LogP contribution in [0.4, 0.5) is 0 Å². The van der Waals surface area contributed by atoms with Crippen molar-refractivity contribution < 1.29 is 9.59 Å². The molecule has 24 heavy (non-hydrogen) atoms. The molecule has 1 N–H and O–H groups in total. The van der Waals surface area contributed by atoms with Crippen LogP contribution in [0.2, 0.25) is 0 Å². The molecule has 0 saturated carbocycles. The van der Waals surface area contributed by atoms with Gasteiger partial charge in [0.05, 0.1) is 16.3 Å². The van der Waals surface area contributed by atoms with E-state index in [9.17, 15) is 9.59 Å². The zero-order valence-corrected chi connectivity index (χ0v) is 14.1. The summed E-state index contributed by atoms with van der Waals surface area (Å²) in [4.78, 5) is 33.8. The highest BCUT2D eigenvalue weighted by molar-refractivity contribution is 7.18. The number of para-hydroxylation sites is 1. The molecule has 6 heteroatoms. The van der Waals surface area contributed by atoms with E-state index in [2.05, 4.69) is 11.1 Å². The van der Waals surface area contributed by atoms with Crippen molar-refractivity contribution in [2.75, 3.05) is 6.54 Å². The molecule has 0 radical (unpaired) electrons. The fourth-order valence-electron chi connectivity index (χ4n) is 3.17. The van der Waals surface area contributed by atoms with Gasteiger partial charge in [-0.1, -0.05) is 12.1 Å². The van der Waals surface area contributed by atoms with E-state index in [4.69, 9.17) is 4.98 Å². The van der Waals surface area contributed by atoms with Gasteiger partial charge in [0.2, 0.25) is 0 Å². The zero-order valence-electron chi connectivity index (χ0n) is 13.3. The van der Waals surface area contributed by atoms with Crippen molar-refractivity contribution in [1.82, 2.24) is 14.9 Å². The molecule has 1 aromatic carbocycles. The molecule has 1 aliphatic heterocycles. The van der Waals surface area contributed by atoms with Crippen molar-refractivity contribution in [3.63, 3.8) is 0 Å². The van der Waals surface area contributed by atoms with E-state index >= 15 is 0 Å². The lowest BCUT2D eigenvalue weighted by Crippen LogP contribution is -2.30. The summed E-state index contributed by atoms with van der Waals surface area (Å²) in [6, 6.07) is 9.69. The summed E-state index contributed by atoms with van der Waals surface area (Å²) < 4.78 is 1.14. The molecule has 1 amide bonds. The van der Waals surface area contributed by atoms with Gasteiger partial charge in [-0.25, -0.2) is 4.98 Å². The Kier molecular flexibility index (Phi) is 3.69. The van der Waals surface area contributed by atoms with Gasteiger partial charge in [0.25, 0.3) is 5.91 Å². The molecule has 2 aromatic heterocycles. The number of rotatable bonds is 3. The highest BCUT2D eigenvalue weighted by Gasteiger charge is 2.33. The number of thiazole rings is 1. The maximum absolute atomic E-state index is 12.8. The average molecular weight is 339 g/mol. The van der Waals surface area contributed by atoms with Crippen LogP contribution in [-0.4, -0.2) is 33.1 Å². The molecular weight excluding hydrogens is 322 g/mol. The molecule has 5 nitrogen and oxygen atoms in total. The number of carbonyl (C=O) groups excluding carboxylic acids is 2. The summed E-state index contributed by atoms with van der Waals surface area (Å²) >= 11 is 1.65. The Hall–Kier alpha value is -2.47. The normalized spacial score (nSPS) is 17.5. The number of H-pyrrole nitrogens is 1. The van der Waals surface area contributed by atoms with Gasteiger partial charge in [-0.3, -0.25) is 9.59 Å². The minimum absolute atomic E-state index is 0.0129. The van der Waals surface area contributed by atoms with Crippen LogP contribution in [0.3, 0.4) is 0 Å². The third kappa shape index (κ3) is 2.53. The Labute approximate surface area is 143 Å². The van der Waals surface area contributed by atoms with Crippen LogP contribution >= 0.6 is 11.3 Å². The van der Waals surface area contributed by atoms with E-state index in [1.165, 1.54) is 6.92 Å². The Morgan fingerprint density at radius 3 is 2.92 bits per heavy atom. The molecule has 1 fully saturated rings. The molecule has 1 aliphatic rings. The summed E-state index contributed by atoms with van der Waals surface area (Å²) in [5, 5.41) is 0.986. The largest absolute Gasteiger partial charge is 0.356 e. The number of amides is 1. The Morgan fingerprint density at radius 2 is 2.17 bits per heavy atom. The number of hydrogen-bond donors (Lipinski definition) is 1. The molecule has 3 aromatic rings. The number of likely N-dealkylation sites (tertiary alicyclic amines) is 1. The molecule has 0 bridgehead atoms. The number of nitrogens with zero attached hydrogens (tertiary/aromatic N) is 2. The zero-order chi connectivity index (χ0) is 16.7. The number of benzene rings is 1. The third-order valence-corrected chi connectivity index (χ3v) is 5.57. The van der Waals surface area contributed by atoms with Gasteiger partial charge in [-0.15, -0.1) is 11.3 Å². The molecule has 3 heterocycles. The van der Waals surface area contributed by atoms with Crippen molar-refractivity contribution >= 4 is 33.2 Å². The number of aromatic amines is 1. The second-order valence-corrected chi connectivity index (χ2v) is 7.10. The van der Waals surface area contributed by atoms with Crippen molar-refractivity contribution in [1.29, 1.82) is 0 Å². The Balaban J connectivity index is 1.64. The van der Waals surface area contributed by atoms with Crippen LogP contribution in [0.25, 0.3) is 10.2 Å². The molecule has 0 unspecified atom stereocenters. The van der Waals surface area contributed by atoms with Gasteiger partial charge in [-0.2, -0.15) is 0 Å². The lowest BCUT2D eigenvalue weighted by Gasteiger charge is -2.22. The number of aromatic nitrogens is 2. The topological polar surface area (TPSA) is 66.1 Å².